The fraction of sp³-hybridized carbons (Fsp3) is 0.714. The molecule has 1 fully saturated rings. The molecular formula is C14H24N4. The van der Waals surface area contributed by atoms with Gasteiger partial charge in [0.2, 0.25) is 0 Å². The number of nitrogens with zero attached hydrogens (tertiary/aromatic N) is 2. The number of hydrogen-bond donors (Lipinski definition) is 2. The van der Waals surface area contributed by atoms with Gasteiger partial charge in [-0.15, -0.1) is 0 Å². The van der Waals surface area contributed by atoms with Crippen LogP contribution in [0.4, 0.5) is 11.6 Å². The van der Waals surface area contributed by atoms with Crippen LogP contribution in [0.5, 0.6) is 0 Å². The minimum atomic E-state index is 0.494. The Bertz CT molecular complexity index is 375. The largest absolute Gasteiger partial charge is 0.370 e. The van der Waals surface area contributed by atoms with E-state index < -0.39 is 0 Å². The quantitative estimate of drug-likeness (QED) is 0.778. The van der Waals surface area contributed by atoms with Crippen molar-refractivity contribution >= 4 is 11.6 Å². The van der Waals surface area contributed by atoms with E-state index >= 15 is 0 Å². The zero-order valence-electron chi connectivity index (χ0n) is 11.7. The zero-order chi connectivity index (χ0) is 13.0. The molecule has 0 spiro atoms. The van der Waals surface area contributed by atoms with Gasteiger partial charge < -0.3 is 10.6 Å². The maximum absolute atomic E-state index is 4.57. The van der Waals surface area contributed by atoms with E-state index in [-0.39, 0.29) is 0 Å². The van der Waals surface area contributed by atoms with E-state index in [9.17, 15) is 0 Å². The first-order valence-electron chi connectivity index (χ1n) is 7.01. The normalized spacial score (nSPS) is 16.4. The highest BCUT2D eigenvalue weighted by molar-refractivity contribution is 5.47. The van der Waals surface area contributed by atoms with Crippen LogP contribution in [0.25, 0.3) is 0 Å². The SMILES string of the molecule is CCCc1nc(NCC)cc(NCC2(C)CC2)n1. The van der Waals surface area contributed by atoms with Crippen LogP contribution in [-0.2, 0) is 6.42 Å². The maximum Gasteiger partial charge on any atom is 0.133 e. The second-order valence-corrected chi connectivity index (χ2v) is 5.50. The molecule has 0 radical (unpaired) electrons. The summed E-state index contributed by atoms with van der Waals surface area (Å²) >= 11 is 0. The van der Waals surface area contributed by atoms with Crippen molar-refractivity contribution in [1.82, 2.24) is 9.97 Å². The Labute approximate surface area is 110 Å². The second kappa shape index (κ2) is 5.55. The lowest BCUT2D eigenvalue weighted by Gasteiger charge is -2.13. The van der Waals surface area contributed by atoms with Crippen molar-refractivity contribution in [3.8, 4) is 0 Å². The lowest BCUT2D eigenvalue weighted by molar-refractivity contribution is 0.609. The van der Waals surface area contributed by atoms with Gasteiger partial charge in [0.25, 0.3) is 0 Å². The Hall–Kier alpha value is -1.32. The van der Waals surface area contributed by atoms with Gasteiger partial charge in [0.1, 0.15) is 17.5 Å². The van der Waals surface area contributed by atoms with E-state index in [0.29, 0.717) is 5.41 Å². The molecule has 1 aliphatic rings. The Morgan fingerprint density at radius 1 is 1.17 bits per heavy atom. The number of aromatic nitrogens is 2. The standard InChI is InChI=1S/C14H24N4/c1-4-6-11-17-12(15-5-2)9-13(18-11)16-10-14(3)7-8-14/h9H,4-8,10H2,1-3H3,(H2,15,16,17,18). The maximum atomic E-state index is 4.57. The van der Waals surface area contributed by atoms with E-state index in [1.165, 1.54) is 12.8 Å². The summed E-state index contributed by atoms with van der Waals surface area (Å²) < 4.78 is 0. The molecule has 4 nitrogen and oxygen atoms in total. The van der Waals surface area contributed by atoms with E-state index in [1.54, 1.807) is 0 Å². The molecule has 1 heterocycles. The van der Waals surface area contributed by atoms with Gasteiger partial charge in [-0.25, -0.2) is 9.97 Å². The van der Waals surface area contributed by atoms with Gasteiger partial charge in [-0.05, 0) is 31.6 Å². The highest BCUT2D eigenvalue weighted by Crippen LogP contribution is 2.44. The summed E-state index contributed by atoms with van der Waals surface area (Å²) in [5, 5.41) is 6.72. The molecule has 1 aromatic heterocycles. The average molecular weight is 248 g/mol. The first kappa shape index (κ1) is 13.1. The Balaban J connectivity index is 2.06. The van der Waals surface area contributed by atoms with Gasteiger partial charge in [0.05, 0.1) is 0 Å². The summed E-state index contributed by atoms with van der Waals surface area (Å²) in [6.07, 6.45) is 4.66. The molecule has 1 saturated carbocycles. The fourth-order valence-corrected chi connectivity index (χ4v) is 1.89. The summed E-state index contributed by atoms with van der Waals surface area (Å²) in [6, 6.07) is 2.01. The van der Waals surface area contributed by atoms with E-state index in [1.807, 2.05) is 6.07 Å². The molecule has 0 amide bonds. The Kier molecular flexibility index (Phi) is 4.04. The first-order chi connectivity index (χ1) is 8.65. The lowest BCUT2D eigenvalue weighted by Crippen LogP contribution is -2.14. The van der Waals surface area contributed by atoms with Gasteiger partial charge >= 0.3 is 0 Å². The van der Waals surface area contributed by atoms with E-state index in [0.717, 1.165) is 43.4 Å². The Morgan fingerprint density at radius 2 is 1.83 bits per heavy atom. The fourth-order valence-electron chi connectivity index (χ4n) is 1.89. The summed E-state index contributed by atoms with van der Waals surface area (Å²) in [5.41, 5.74) is 0.494. The molecular weight excluding hydrogens is 224 g/mol. The van der Waals surface area contributed by atoms with Crippen molar-refractivity contribution in [2.45, 2.75) is 46.5 Å². The molecule has 0 bridgehead atoms. The predicted octanol–water partition coefficient (Wildman–Crippen LogP) is 3.07. The third kappa shape index (κ3) is 3.59. The van der Waals surface area contributed by atoms with Crippen LogP contribution in [0.3, 0.4) is 0 Å². The van der Waals surface area contributed by atoms with Crippen molar-refractivity contribution in [3.05, 3.63) is 11.9 Å². The molecule has 1 aliphatic carbocycles. The summed E-state index contributed by atoms with van der Waals surface area (Å²) in [6.45, 7) is 8.46. The van der Waals surface area contributed by atoms with Crippen LogP contribution in [0.1, 0.15) is 45.9 Å². The molecule has 1 aromatic rings. The molecule has 100 valence electrons. The average Bonchev–Trinajstić information content (AvgIpc) is 3.06. The highest BCUT2D eigenvalue weighted by atomic mass is 15.1. The molecule has 18 heavy (non-hydrogen) atoms. The molecule has 0 aliphatic heterocycles. The summed E-state index contributed by atoms with van der Waals surface area (Å²) in [4.78, 5) is 9.08. The number of aryl methyl sites for hydroxylation is 1. The molecule has 2 rings (SSSR count). The van der Waals surface area contributed by atoms with Crippen LogP contribution in [0, 0.1) is 5.41 Å². The highest BCUT2D eigenvalue weighted by Gasteiger charge is 2.36. The minimum Gasteiger partial charge on any atom is -0.370 e. The van der Waals surface area contributed by atoms with Gasteiger partial charge in [0, 0.05) is 25.6 Å². The monoisotopic (exact) mass is 248 g/mol. The summed E-state index contributed by atoms with van der Waals surface area (Å²) in [5.74, 6) is 2.82. The van der Waals surface area contributed by atoms with Gasteiger partial charge in [-0.3, -0.25) is 0 Å². The predicted molar refractivity (Wildman–Crippen MR) is 76.0 cm³/mol. The molecule has 0 unspecified atom stereocenters. The van der Waals surface area contributed by atoms with E-state index in [4.69, 9.17) is 0 Å². The number of anilines is 2. The van der Waals surface area contributed by atoms with Gasteiger partial charge in [-0.2, -0.15) is 0 Å². The van der Waals surface area contributed by atoms with Crippen molar-refractivity contribution in [2.75, 3.05) is 23.7 Å². The third-order valence-corrected chi connectivity index (χ3v) is 3.40. The minimum absolute atomic E-state index is 0.494. The second-order valence-electron chi connectivity index (χ2n) is 5.50. The summed E-state index contributed by atoms with van der Waals surface area (Å²) in [7, 11) is 0. The van der Waals surface area contributed by atoms with Gasteiger partial charge in [0.15, 0.2) is 0 Å². The first-order valence-corrected chi connectivity index (χ1v) is 7.01. The molecule has 4 heteroatoms. The van der Waals surface area contributed by atoms with Crippen LogP contribution in [-0.4, -0.2) is 23.1 Å². The smallest absolute Gasteiger partial charge is 0.133 e. The molecule has 0 atom stereocenters. The van der Waals surface area contributed by atoms with Crippen LogP contribution in [0.15, 0.2) is 6.07 Å². The van der Waals surface area contributed by atoms with Crippen molar-refractivity contribution in [3.63, 3.8) is 0 Å². The van der Waals surface area contributed by atoms with E-state index in [2.05, 4.69) is 41.4 Å². The molecule has 0 aromatic carbocycles. The lowest BCUT2D eigenvalue weighted by atomic mass is 10.1. The topological polar surface area (TPSA) is 49.8 Å². The van der Waals surface area contributed by atoms with Crippen LogP contribution >= 0.6 is 0 Å². The number of hydrogen-bond acceptors (Lipinski definition) is 4. The number of rotatable bonds is 7. The van der Waals surface area contributed by atoms with Gasteiger partial charge in [-0.1, -0.05) is 13.8 Å². The van der Waals surface area contributed by atoms with Crippen molar-refractivity contribution in [2.24, 2.45) is 5.41 Å². The van der Waals surface area contributed by atoms with Crippen molar-refractivity contribution in [1.29, 1.82) is 0 Å². The number of nitrogens with one attached hydrogen (secondary N) is 2. The van der Waals surface area contributed by atoms with Crippen LogP contribution < -0.4 is 10.6 Å². The van der Waals surface area contributed by atoms with Crippen LogP contribution in [0.2, 0.25) is 0 Å². The zero-order valence-corrected chi connectivity index (χ0v) is 11.7. The molecule has 0 saturated heterocycles. The molecule has 2 N–H and O–H groups in total. The third-order valence-electron chi connectivity index (χ3n) is 3.40. The van der Waals surface area contributed by atoms with Crippen molar-refractivity contribution < 1.29 is 0 Å². The Morgan fingerprint density at radius 3 is 2.39 bits per heavy atom.